The van der Waals surface area contributed by atoms with Gasteiger partial charge in [-0.1, -0.05) is 413 Å². The number of rotatable bonds is 86. The van der Waals surface area contributed by atoms with Crippen molar-refractivity contribution in [2.75, 3.05) is 39.6 Å². The van der Waals surface area contributed by atoms with Crippen LogP contribution in [0.4, 0.5) is 0 Å². The summed E-state index contributed by atoms with van der Waals surface area (Å²) >= 11 is 0. The maximum Gasteiger partial charge on any atom is 0.472 e. The summed E-state index contributed by atoms with van der Waals surface area (Å²) in [6.07, 6.45) is 72.0. The Kier molecular flexibility index (Phi) is 77.3. The third-order valence-electron chi connectivity index (χ3n) is 20.6. The molecule has 0 rings (SSSR count). The molecule has 3 unspecified atom stereocenters. The van der Waals surface area contributed by atoms with Gasteiger partial charge in [-0.15, -0.1) is 0 Å². The SMILES string of the molecule is CCCCCCCCCCCCCCCCCCCC(=O)OC[C@H](COP(=O)(O)OC[C@@H](O)COP(=O)(O)OC[C@@H](COC(=O)CCCCCCCCCCCCC)OC(=O)CCCCCCCCCCCCCCCCC)OC(=O)CCCCCCCCCCCCCCCCCCCCC(C)CC. The minimum absolute atomic E-state index is 0.109. The van der Waals surface area contributed by atoms with E-state index < -0.39 is 97.5 Å². The molecule has 6 atom stereocenters. The highest BCUT2D eigenvalue weighted by Crippen LogP contribution is 2.45. The van der Waals surface area contributed by atoms with Crippen LogP contribution in [-0.4, -0.2) is 96.7 Å². The molecule has 105 heavy (non-hydrogen) atoms. The second-order valence-electron chi connectivity index (χ2n) is 31.2. The second kappa shape index (κ2) is 78.7. The maximum atomic E-state index is 13.1. The number of phosphoric ester groups is 2. The van der Waals surface area contributed by atoms with E-state index >= 15 is 0 Å². The minimum atomic E-state index is -4.97. The lowest BCUT2D eigenvalue weighted by atomic mass is 9.99. The monoisotopic (exact) mass is 1540 g/mol. The normalized spacial score (nSPS) is 14.0. The number of aliphatic hydroxyl groups excluding tert-OH is 1. The van der Waals surface area contributed by atoms with Crippen molar-refractivity contribution in [2.24, 2.45) is 5.92 Å². The molecular weight excluding hydrogens is 1370 g/mol. The number of carbonyl (C=O) groups excluding carboxylic acids is 4. The average Bonchev–Trinajstić information content (AvgIpc) is 0.947. The number of ether oxygens (including phenoxy) is 4. The Morgan fingerprint density at radius 1 is 0.267 bits per heavy atom. The molecule has 19 heteroatoms. The van der Waals surface area contributed by atoms with E-state index in [2.05, 4.69) is 34.6 Å². The molecule has 0 amide bonds. The molecule has 624 valence electrons. The zero-order valence-electron chi connectivity index (χ0n) is 68.9. The highest BCUT2D eigenvalue weighted by Gasteiger charge is 2.30. The van der Waals surface area contributed by atoms with Gasteiger partial charge < -0.3 is 33.8 Å². The molecule has 0 heterocycles. The molecule has 0 radical (unpaired) electrons. The van der Waals surface area contributed by atoms with Crippen LogP contribution in [0.15, 0.2) is 0 Å². The number of aliphatic hydroxyl groups is 1. The summed E-state index contributed by atoms with van der Waals surface area (Å²) in [5.41, 5.74) is 0. The van der Waals surface area contributed by atoms with E-state index in [1.165, 1.54) is 289 Å². The molecule has 0 aromatic rings. The van der Waals surface area contributed by atoms with Crippen molar-refractivity contribution in [1.29, 1.82) is 0 Å². The van der Waals surface area contributed by atoms with Crippen LogP contribution < -0.4 is 0 Å². The molecule has 0 fully saturated rings. The Morgan fingerprint density at radius 2 is 0.457 bits per heavy atom. The van der Waals surface area contributed by atoms with Gasteiger partial charge in [-0.2, -0.15) is 0 Å². The number of unbranched alkanes of at least 4 members (excludes halogenated alkanes) is 57. The number of hydrogen-bond acceptors (Lipinski definition) is 15. The van der Waals surface area contributed by atoms with E-state index in [0.717, 1.165) is 95.8 Å². The predicted molar refractivity (Wildman–Crippen MR) is 432 cm³/mol. The summed E-state index contributed by atoms with van der Waals surface area (Å²) in [7, 11) is -9.93. The van der Waals surface area contributed by atoms with Gasteiger partial charge >= 0.3 is 39.5 Å². The van der Waals surface area contributed by atoms with Gasteiger partial charge in [-0.05, 0) is 31.6 Å². The molecule has 0 spiro atoms. The fourth-order valence-corrected chi connectivity index (χ4v) is 15.0. The average molecular weight is 1540 g/mol. The lowest BCUT2D eigenvalue weighted by molar-refractivity contribution is -0.161. The van der Waals surface area contributed by atoms with Crippen molar-refractivity contribution in [3.8, 4) is 0 Å². The van der Waals surface area contributed by atoms with Crippen LogP contribution in [0.2, 0.25) is 0 Å². The second-order valence-corrected chi connectivity index (χ2v) is 34.1. The van der Waals surface area contributed by atoms with E-state index in [-0.39, 0.29) is 25.7 Å². The van der Waals surface area contributed by atoms with Gasteiger partial charge in [0, 0.05) is 25.7 Å². The molecule has 0 bridgehead atoms. The minimum Gasteiger partial charge on any atom is -0.462 e. The van der Waals surface area contributed by atoms with Crippen LogP contribution in [0.1, 0.15) is 465 Å². The summed E-state index contributed by atoms with van der Waals surface area (Å²) in [6, 6.07) is 0. The Bertz CT molecular complexity index is 2000. The number of phosphoric acid groups is 2. The quantitative estimate of drug-likeness (QED) is 0.0222. The van der Waals surface area contributed by atoms with E-state index in [1.54, 1.807) is 0 Å². The Morgan fingerprint density at radius 3 is 0.676 bits per heavy atom. The molecule has 0 saturated heterocycles. The molecule has 0 aliphatic rings. The van der Waals surface area contributed by atoms with Crippen LogP contribution >= 0.6 is 15.6 Å². The molecular formula is C86H168O17P2. The van der Waals surface area contributed by atoms with Gasteiger partial charge in [0.25, 0.3) is 0 Å². The Balaban J connectivity index is 5.23. The summed E-state index contributed by atoms with van der Waals surface area (Å²) in [5, 5.41) is 10.7. The van der Waals surface area contributed by atoms with Gasteiger partial charge in [0.05, 0.1) is 26.4 Å². The lowest BCUT2D eigenvalue weighted by Gasteiger charge is -2.21. The standard InChI is InChI=1S/C86H168O17P2/c1-6-10-13-16-19-22-25-27-29-32-37-40-45-50-55-60-65-70-84(89)97-76-82(103-86(91)72-67-62-57-52-47-42-38-34-31-30-33-36-39-44-48-53-58-63-68-79(5)9-4)78-101-105(94,95)99-74-80(87)73-98-104(92,93)100-77-81(75-96-83(88)69-64-59-54-49-43-24-21-18-15-12-8-3)102-85(90)71-66-61-56-51-46-41-35-28-26-23-20-17-14-11-7-2/h79-82,87H,6-78H2,1-5H3,(H,92,93)(H,94,95)/t79?,80-,81+,82+/m0/s1. The fourth-order valence-electron chi connectivity index (χ4n) is 13.4. The van der Waals surface area contributed by atoms with E-state index in [9.17, 15) is 43.2 Å². The molecule has 17 nitrogen and oxygen atoms in total. The summed E-state index contributed by atoms with van der Waals surface area (Å²) in [5.74, 6) is -1.23. The highest BCUT2D eigenvalue weighted by molar-refractivity contribution is 7.47. The molecule has 0 aliphatic carbocycles. The third kappa shape index (κ3) is 78.5. The first kappa shape index (κ1) is 103. The van der Waals surface area contributed by atoms with Crippen molar-refractivity contribution in [3.05, 3.63) is 0 Å². The molecule has 0 aromatic heterocycles. The predicted octanol–water partition coefficient (Wildman–Crippen LogP) is 26.4. The first-order valence-electron chi connectivity index (χ1n) is 44.7. The van der Waals surface area contributed by atoms with Gasteiger partial charge in [-0.25, -0.2) is 9.13 Å². The maximum absolute atomic E-state index is 13.1. The topological polar surface area (TPSA) is 237 Å². The molecule has 0 saturated carbocycles. The van der Waals surface area contributed by atoms with Crippen molar-refractivity contribution >= 4 is 39.5 Å². The molecule has 0 aliphatic heterocycles. The van der Waals surface area contributed by atoms with Gasteiger partial charge in [0.1, 0.15) is 19.3 Å². The summed E-state index contributed by atoms with van der Waals surface area (Å²) < 4.78 is 68.9. The molecule has 0 aromatic carbocycles. The van der Waals surface area contributed by atoms with Crippen molar-refractivity contribution in [3.63, 3.8) is 0 Å². The largest absolute Gasteiger partial charge is 0.472 e. The zero-order chi connectivity index (χ0) is 76.9. The number of esters is 4. The van der Waals surface area contributed by atoms with Crippen molar-refractivity contribution in [1.82, 2.24) is 0 Å². The number of carbonyl (C=O) groups is 4. The van der Waals surface area contributed by atoms with E-state index in [1.807, 2.05) is 0 Å². The van der Waals surface area contributed by atoms with Gasteiger partial charge in [-0.3, -0.25) is 37.3 Å². The number of hydrogen-bond donors (Lipinski definition) is 3. The zero-order valence-corrected chi connectivity index (χ0v) is 70.7. The summed E-state index contributed by atoms with van der Waals surface area (Å²) in [4.78, 5) is 73.2. The van der Waals surface area contributed by atoms with Gasteiger partial charge in [0.15, 0.2) is 12.2 Å². The Hall–Kier alpha value is -1.94. The highest BCUT2D eigenvalue weighted by atomic mass is 31.2. The van der Waals surface area contributed by atoms with Crippen molar-refractivity contribution in [2.45, 2.75) is 483 Å². The van der Waals surface area contributed by atoms with Crippen LogP contribution in [0.25, 0.3) is 0 Å². The first-order chi connectivity index (χ1) is 51.1. The van der Waals surface area contributed by atoms with E-state index in [4.69, 9.17) is 37.0 Å². The van der Waals surface area contributed by atoms with Crippen LogP contribution in [-0.2, 0) is 65.4 Å². The van der Waals surface area contributed by atoms with E-state index in [0.29, 0.717) is 25.7 Å². The smallest absolute Gasteiger partial charge is 0.462 e. The third-order valence-corrected chi connectivity index (χ3v) is 22.5. The molecule has 3 N–H and O–H groups in total. The van der Waals surface area contributed by atoms with Crippen LogP contribution in [0, 0.1) is 5.92 Å². The van der Waals surface area contributed by atoms with Crippen LogP contribution in [0.3, 0.4) is 0 Å². The fraction of sp³-hybridized carbons (Fsp3) is 0.953. The van der Waals surface area contributed by atoms with Gasteiger partial charge in [0.2, 0.25) is 0 Å². The Labute approximate surface area is 645 Å². The van der Waals surface area contributed by atoms with Crippen molar-refractivity contribution < 1.29 is 80.2 Å². The lowest BCUT2D eigenvalue weighted by Crippen LogP contribution is -2.30. The van der Waals surface area contributed by atoms with Crippen LogP contribution in [0.5, 0.6) is 0 Å². The summed E-state index contributed by atoms with van der Waals surface area (Å²) in [6.45, 7) is 7.43. The first-order valence-corrected chi connectivity index (χ1v) is 47.7.